The molecule has 0 aliphatic heterocycles. The summed E-state index contributed by atoms with van der Waals surface area (Å²) >= 11 is 0.953. The Morgan fingerprint density at radius 3 is 2.42 bits per heavy atom. The van der Waals surface area contributed by atoms with E-state index in [0.29, 0.717) is 17.7 Å². The van der Waals surface area contributed by atoms with Gasteiger partial charge in [0.05, 0.1) is 13.0 Å². The Balaban J connectivity index is 2.58. The molecule has 0 spiro atoms. The van der Waals surface area contributed by atoms with E-state index in [-0.39, 0.29) is 33.4 Å². The monoisotopic (exact) mass is 548 g/mol. The van der Waals surface area contributed by atoms with Gasteiger partial charge < -0.3 is 10.5 Å². The smallest absolute Gasteiger partial charge is 0.421 e. The number of unbranched alkanes of at least 4 members (excludes halogenated alkanes) is 1. The number of alkyl halides is 3. The van der Waals surface area contributed by atoms with Gasteiger partial charge in [0.25, 0.3) is 10.0 Å². The number of carbonyl (C=O) groups excluding carboxylic acids is 2. The molecule has 3 N–H and O–H groups in total. The number of rotatable bonds is 11. The van der Waals surface area contributed by atoms with Crippen molar-refractivity contribution in [3.8, 4) is 11.1 Å². The molecule has 12 heteroatoms. The van der Waals surface area contributed by atoms with Crippen LogP contribution in [0.4, 0.5) is 18.0 Å². The fraction of sp³-hybridized carbons (Fsp3) is 0.500. The van der Waals surface area contributed by atoms with Crippen molar-refractivity contribution in [2.45, 2.75) is 69.3 Å². The number of nitrogens with one attached hydrogen (secondary N) is 1. The molecule has 2 aromatic rings. The van der Waals surface area contributed by atoms with E-state index < -0.39 is 40.0 Å². The molecule has 0 saturated heterocycles. The van der Waals surface area contributed by atoms with Gasteiger partial charge in [-0.25, -0.2) is 17.9 Å². The minimum Gasteiger partial charge on any atom is -0.449 e. The topological polar surface area (TPSA) is 116 Å². The fourth-order valence-corrected chi connectivity index (χ4v) is 6.37. The van der Waals surface area contributed by atoms with Crippen LogP contribution in [-0.2, 0) is 31.5 Å². The maximum absolute atomic E-state index is 13.2. The molecule has 200 valence electrons. The zero-order valence-electron chi connectivity index (χ0n) is 20.6. The lowest BCUT2D eigenvalue weighted by molar-refractivity contribution is -0.156. The van der Waals surface area contributed by atoms with Gasteiger partial charge in [0.2, 0.25) is 0 Å². The predicted octanol–water partition coefficient (Wildman–Crippen LogP) is 5.52. The van der Waals surface area contributed by atoms with Gasteiger partial charge in [-0.15, -0.1) is 11.3 Å². The van der Waals surface area contributed by atoms with Gasteiger partial charge in [-0.05, 0) is 48.9 Å². The maximum atomic E-state index is 13.2. The van der Waals surface area contributed by atoms with Crippen molar-refractivity contribution in [3.63, 3.8) is 0 Å². The van der Waals surface area contributed by atoms with Gasteiger partial charge in [-0.3, -0.25) is 4.79 Å². The van der Waals surface area contributed by atoms with Crippen LogP contribution in [0, 0.1) is 5.92 Å². The zero-order chi connectivity index (χ0) is 27.3. The highest BCUT2D eigenvalue weighted by atomic mass is 32.2. The van der Waals surface area contributed by atoms with E-state index in [1.807, 2.05) is 25.5 Å². The normalized spacial score (nSPS) is 13.9. The Labute approximate surface area is 213 Å². The first-order valence-corrected chi connectivity index (χ1v) is 13.7. The van der Waals surface area contributed by atoms with E-state index in [9.17, 15) is 31.2 Å². The van der Waals surface area contributed by atoms with Crippen molar-refractivity contribution in [1.29, 1.82) is 0 Å². The van der Waals surface area contributed by atoms with E-state index in [0.717, 1.165) is 24.7 Å². The number of ether oxygens (including phenoxy) is 1. The average molecular weight is 549 g/mol. The molecular formula is C24H31F3N2O5S2. The number of benzene rings is 1. The minimum absolute atomic E-state index is 0.0542. The third-order valence-electron chi connectivity index (χ3n) is 5.35. The third-order valence-corrected chi connectivity index (χ3v) is 8.35. The van der Waals surface area contributed by atoms with E-state index >= 15 is 0 Å². The van der Waals surface area contributed by atoms with Gasteiger partial charge in [-0.2, -0.15) is 13.2 Å². The number of nitrogens with two attached hydrogens (primary N) is 1. The van der Waals surface area contributed by atoms with Crippen molar-refractivity contribution in [2.24, 2.45) is 11.7 Å². The highest BCUT2D eigenvalue weighted by molar-refractivity contribution is 7.92. The number of hydrogen-bond acceptors (Lipinski definition) is 7. The van der Waals surface area contributed by atoms with Gasteiger partial charge in [-0.1, -0.05) is 45.4 Å². The number of ketones is 1. The molecule has 1 amide bonds. The summed E-state index contributed by atoms with van der Waals surface area (Å²) < 4.78 is 72.6. The molecule has 0 fully saturated rings. The number of carbonyl (C=O) groups is 2. The first-order valence-electron chi connectivity index (χ1n) is 11.4. The molecule has 0 aliphatic carbocycles. The first kappa shape index (κ1) is 29.8. The molecule has 1 heterocycles. The standard InChI is InChI=1S/C24H31F3N2O5S2/c1-5-6-10-34-22(31)29-36(32,33)21-20(13-19(35-21)11-15(2)3)17-8-7-9-18(12-17)23(28,16(4)30)14-24(25,26)27/h7-9,12-13,15H,5-6,10-11,14,28H2,1-4H3,(H,29,31). The van der Waals surface area contributed by atoms with Gasteiger partial charge >= 0.3 is 12.3 Å². The van der Waals surface area contributed by atoms with Crippen molar-refractivity contribution < 1.29 is 35.9 Å². The highest BCUT2D eigenvalue weighted by Crippen LogP contribution is 2.39. The predicted molar refractivity (Wildman–Crippen MR) is 132 cm³/mol. The summed E-state index contributed by atoms with van der Waals surface area (Å²) in [5, 5.41) is 0. The van der Waals surface area contributed by atoms with Crippen LogP contribution in [0.3, 0.4) is 0 Å². The molecule has 0 aliphatic rings. The minimum atomic E-state index is -4.71. The number of Topliss-reactive ketones (excluding diaryl/α,β-unsaturated/α-hetero) is 1. The molecular weight excluding hydrogens is 517 g/mol. The van der Waals surface area contributed by atoms with Crippen LogP contribution in [0.2, 0.25) is 0 Å². The molecule has 1 aromatic carbocycles. The molecule has 7 nitrogen and oxygen atoms in total. The van der Waals surface area contributed by atoms with Crippen molar-refractivity contribution >= 4 is 33.2 Å². The van der Waals surface area contributed by atoms with Crippen LogP contribution < -0.4 is 10.5 Å². The molecule has 0 bridgehead atoms. The van der Waals surface area contributed by atoms with E-state index in [2.05, 4.69) is 0 Å². The van der Waals surface area contributed by atoms with Crippen LogP contribution >= 0.6 is 11.3 Å². The number of thiophene rings is 1. The van der Waals surface area contributed by atoms with Gasteiger partial charge in [0.1, 0.15) is 9.75 Å². The summed E-state index contributed by atoms with van der Waals surface area (Å²) in [5.74, 6) is -0.696. The van der Waals surface area contributed by atoms with Crippen LogP contribution in [0.25, 0.3) is 11.1 Å². The summed E-state index contributed by atoms with van der Waals surface area (Å²) in [7, 11) is -4.37. The van der Waals surface area contributed by atoms with Crippen LogP contribution in [-0.4, -0.2) is 33.1 Å². The zero-order valence-corrected chi connectivity index (χ0v) is 22.2. The van der Waals surface area contributed by atoms with Crippen LogP contribution in [0.1, 0.15) is 57.4 Å². The Kier molecular flexibility index (Phi) is 9.71. The highest BCUT2D eigenvalue weighted by Gasteiger charge is 2.44. The molecule has 1 atom stereocenters. The van der Waals surface area contributed by atoms with E-state index in [1.54, 1.807) is 6.07 Å². The Morgan fingerprint density at radius 1 is 1.19 bits per heavy atom. The Bertz CT molecular complexity index is 1190. The van der Waals surface area contributed by atoms with Gasteiger partial charge in [0, 0.05) is 10.4 Å². The number of amides is 1. The second kappa shape index (κ2) is 11.7. The molecule has 0 radical (unpaired) electrons. The lowest BCUT2D eigenvalue weighted by Gasteiger charge is -2.28. The summed E-state index contributed by atoms with van der Waals surface area (Å²) in [6.07, 6.45) is -5.54. The Morgan fingerprint density at radius 2 is 1.86 bits per heavy atom. The lowest BCUT2D eigenvalue weighted by atomic mass is 9.83. The van der Waals surface area contributed by atoms with Crippen molar-refractivity contribution in [3.05, 3.63) is 40.8 Å². The number of hydrogen-bond donors (Lipinski definition) is 2. The van der Waals surface area contributed by atoms with Crippen LogP contribution in [0.15, 0.2) is 34.5 Å². The molecule has 36 heavy (non-hydrogen) atoms. The molecule has 2 rings (SSSR count). The lowest BCUT2D eigenvalue weighted by Crippen LogP contribution is -2.47. The quantitative estimate of drug-likeness (QED) is 0.357. The largest absolute Gasteiger partial charge is 0.449 e. The van der Waals surface area contributed by atoms with Gasteiger partial charge in [0.15, 0.2) is 5.78 Å². The summed E-state index contributed by atoms with van der Waals surface area (Å²) in [5.41, 5.74) is 3.94. The second-order valence-electron chi connectivity index (χ2n) is 9.01. The second-order valence-corrected chi connectivity index (χ2v) is 12.0. The maximum Gasteiger partial charge on any atom is 0.421 e. The molecule has 1 aromatic heterocycles. The van der Waals surface area contributed by atoms with Crippen molar-refractivity contribution in [1.82, 2.24) is 4.72 Å². The molecule has 1 unspecified atom stereocenters. The number of sulfonamides is 1. The first-order chi connectivity index (χ1) is 16.6. The summed E-state index contributed by atoms with van der Waals surface area (Å²) in [6, 6.07) is 7.13. The SMILES string of the molecule is CCCCOC(=O)NS(=O)(=O)c1sc(CC(C)C)cc1-c1cccc(C(N)(CC(F)(F)F)C(C)=O)c1. The summed E-state index contributed by atoms with van der Waals surface area (Å²) in [4.78, 5) is 25.0. The van der Waals surface area contributed by atoms with Crippen LogP contribution in [0.5, 0.6) is 0 Å². The number of halogens is 3. The van der Waals surface area contributed by atoms with Crippen molar-refractivity contribution in [2.75, 3.05) is 6.61 Å². The third kappa shape index (κ3) is 7.78. The van der Waals surface area contributed by atoms with E-state index in [1.165, 1.54) is 24.3 Å². The Hall–Kier alpha value is -2.44. The fourth-order valence-electron chi connectivity index (χ4n) is 3.53. The molecule has 0 saturated carbocycles. The van der Waals surface area contributed by atoms with E-state index in [4.69, 9.17) is 10.5 Å². The summed E-state index contributed by atoms with van der Waals surface area (Å²) in [6.45, 7) is 6.82. The average Bonchev–Trinajstić information content (AvgIpc) is 3.16.